The highest BCUT2D eigenvalue weighted by atomic mass is 16.5. The molecule has 0 aromatic heterocycles. The Hall–Kier alpha value is -1.06. The summed E-state index contributed by atoms with van der Waals surface area (Å²) in [7, 11) is 0. The lowest BCUT2D eigenvalue weighted by Gasteiger charge is -2.38. The van der Waals surface area contributed by atoms with Crippen LogP contribution in [0.4, 0.5) is 0 Å². The van der Waals surface area contributed by atoms with Gasteiger partial charge in [0.25, 0.3) is 0 Å². The summed E-state index contributed by atoms with van der Waals surface area (Å²) in [5.74, 6) is 1.10. The summed E-state index contributed by atoms with van der Waals surface area (Å²) in [6.45, 7) is 3.97. The molecule has 0 saturated carbocycles. The number of benzene rings is 1. The minimum atomic E-state index is 0.618. The molecule has 3 heteroatoms. The minimum Gasteiger partial charge on any atom is -0.493 e. The van der Waals surface area contributed by atoms with Crippen LogP contribution in [-0.4, -0.2) is 31.1 Å². The normalized spacial score (nSPS) is 22.8. The number of piperidine rings is 1. The van der Waals surface area contributed by atoms with Gasteiger partial charge in [-0.2, -0.15) is 0 Å². The Kier molecular flexibility index (Phi) is 5.15. The van der Waals surface area contributed by atoms with Gasteiger partial charge in [-0.15, -0.1) is 0 Å². The van der Waals surface area contributed by atoms with Crippen molar-refractivity contribution in [1.29, 1.82) is 0 Å². The molecule has 0 bridgehead atoms. The minimum absolute atomic E-state index is 0.618. The molecule has 1 unspecified atom stereocenters. The summed E-state index contributed by atoms with van der Waals surface area (Å²) in [4.78, 5) is 2.70. The van der Waals surface area contributed by atoms with Gasteiger partial charge in [0.1, 0.15) is 5.75 Å². The molecular weight excluding hydrogens is 260 g/mol. The van der Waals surface area contributed by atoms with Crippen molar-refractivity contribution in [2.75, 3.05) is 26.2 Å². The van der Waals surface area contributed by atoms with Crippen LogP contribution in [0.25, 0.3) is 0 Å². The predicted molar refractivity (Wildman–Crippen MR) is 86.7 cm³/mol. The summed E-state index contributed by atoms with van der Waals surface area (Å²) in [5.41, 5.74) is 8.54. The Morgan fingerprint density at radius 2 is 2.00 bits per heavy atom. The number of fused-ring (bicyclic) bond motifs is 1. The van der Waals surface area contributed by atoms with E-state index in [1.165, 1.54) is 62.7 Å². The average Bonchev–Trinajstić information content (AvgIpc) is 2.55. The SMILES string of the molecule is NCCCOc1cccc2c1CCCC2N1CCCCC1. The number of hydrogen-bond acceptors (Lipinski definition) is 3. The number of hydrogen-bond donors (Lipinski definition) is 1. The fraction of sp³-hybridized carbons (Fsp3) is 0.667. The summed E-state index contributed by atoms with van der Waals surface area (Å²) in [6, 6.07) is 7.24. The number of ether oxygens (including phenoxy) is 1. The van der Waals surface area contributed by atoms with Gasteiger partial charge in [-0.1, -0.05) is 18.6 Å². The lowest BCUT2D eigenvalue weighted by Crippen LogP contribution is -2.35. The van der Waals surface area contributed by atoms with Crippen molar-refractivity contribution in [3.05, 3.63) is 29.3 Å². The standard InChI is InChI=1S/C18H28N2O/c19-11-6-14-21-18-10-5-7-15-16(18)8-4-9-17(15)20-12-2-1-3-13-20/h5,7,10,17H,1-4,6,8-9,11-14,19H2. The number of rotatable bonds is 5. The summed E-state index contributed by atoms with van der Waals surface area (Å²) < 4.78 is 5.98. The molecule has 3 nitrogen and oxygen atoms in total. The Bertz CT molecular complexity index is 455. The van der Waals surface area contributed by atoms with Crippen LogP contribution >= 0.6 is 0 Å². The molecular formula is C18H28N2O. The van der Waals surface area contributed by atoms with Gasteiger partial charge < -0.3 is 10.5 Å². The van der Waals surface area contributed by atoms with E-state index in [4.69, 9.17) is 10.5 Å². The van der Waals surface area contributed by atoms with E-state index in [-0.39, 0.29) is 0 Å². The van der Waals surface area contributed by atoms with E-state index in [1.54, 1.807) is 0 Å². The van der Waals surface area contributed by atoms with Crippen LogP contribution < -0.4 is 10.5 Å². The summed E-state index contributed by atoms with van der Waals surface area (Å²) in [6.07, 6.45) is 8.80. The zero-order chi connectivity index (χ0) is 14.5. The average molecular weight is 288 g/mol. The Morgan fingerprint density at radius 3 is 2.81 bits per heavy atom. The fourth-order valence-corrected chi connectivity index (χ4v) is 3.80. The van der Waals surface area contributed by atoms with Crippen LogP contribution in [0.15, 0.2) is 18.2 Å². The number of nitrogens with two attached hydrogens (primary N) is 1. The van der Waals surface area contributed by atoms with Crippen LogP contribution in [0.5, 0.6) is 5.75 Å². The van der Waals surface area contributed by atoms with Crippen molar-refractivity contribution in [3.63, 3.8) is 0 Å². The van der Waals surface area contributed by atoms with E-state index < -0.39 is 0 Å². The Balaban J connectivity index is 1.78. The maximum atomic E-state index is 5.98. The van der Waals surface area contributed by atoms with Gasteiger partial charge in [-0.25, -0.2) is 0 Å². The molecule has 1 aliphatic heterocycles. The van der Waals surface area contributed by atoms with E-state index in [1.807, 2.05) is 0 Å². The number of likely N-dealkylation sites (tertiary alicyclic amines) is 1. The van der Waals surface area contributed by atoms with Crippen molar-refractivity contribution >= 4 is 0 Å². The van der Waals surface area contributed by atoms with E-state index >= 15 is 0 Å². The Labute approximate surface area is 128 Å². The molecule has 1 atom stereocenters. The maximum Gasteiger partial charge on any atom is 0.122 e. The van der Waals surface area contributed by atoms with Crippen LogP contribution in [0, 0.1) is 0 Å². The first kappa shape index (κ1) is 14.9. The van der Waals surface area contributed by atoms with Gasteiger partial charge in [0, 0.05) is 6.04 Å². The van der Waals surface area contributed by atoms with E-state index in [0.717, 1.165) is 18.8 Å². The topological polar surface area (TPSA) is 38.5 Å². The highest BCUT2D eigenvalue weighted by Crippen LogP contribution is 2.39. The predicted octanol–water partition coefficient (Wildman–Crippen LogP) is 3.28. The largest absolute Gasteiger partial charge is 0.493 e. The first-order chi connectivity index (χ1) is 10.4. The second kappa shape index (κ2) is 7.28. The van der Waals surface area contributed by atoms with Gasteiger partial charge in [-0.05, 0) is 75.4 Å². The van der Waals surface area contributed by atoms with Crippen molar-refractivity contribution in [3.8, 4) is 5.75 Å². The van der Waals surface area contributed by atoms with Crippen LogP contribution in [-0.2, 0) is 6.42 Å². The first-order valence-electron chi connectivity index (χ1n) is 8.59. The van der Waals surface area contributed by atoms with Crippen molar-refractivity contribution in [2.45, 2.75) is 51.0 Å². The molecule has 0 spiro atoms. The van der Waals surface area contributed by atoms with Crippen LogP contribution in [0.2, 0.25) is 0 Å². The third-order valence-electron chi connectivity index (χ3n) is 4.87. The molecule has 1 heterocycles. The molecule has 3 rings (SSSR count). The van der Waals surface area contributed by atoms with Crippen LogP contribution in [0.3, 0.4) is 0 Å². The molecule has 1 saturated heterocycles. The molecule has 1 aliphatic carbocycles. The Morgan fingerprint density at radius 1 is 1.14 bits per heavy atom. The lowest BCUT2D eigenvalue weighted by atomic mass is 9.85. The molecule has 21 heavy (non-hydrogen) atoms. The van der Waals surface area contributed by atoms with Crippen molar-refractivity contribution in [2.24, 2.45) is 5.73 Å². The van der Waals surface area contributed by atoms with E-state index in [2.05, 4.69) is 23.1 Å². The third kappa shape index (κ3) is 3.41. The first-order valence-corrected chi connectivity index (χ1v) is 8.59. The number of nitrogens with zero attached hydrogens (tertiary/aromatic N) is 1. The molecule has 1 aromatic rings. The van der Waals surface area contributed by atoms with Gasteiger partial charge in [-0.3, -0.25) is 4.90 Å². The zero-order valence-electron chi connectivity index (χ0n) is 13.0. The van der Waals surface area contributed by atoms with Crippen LogP contribution in [0.1, 0.15) is 55.7 Å². The molecule has 0 radical (unpaired) electrons. The second-order valence-corrected chi connectivity index (χ2v) is 6.32. The highest BCUT2D eigenvalue weighted by Gasteiger charge is 2.28. The van der Waals surface area contributed by atoms with E-state index in [0.29, 0.717) is 12.6 Å². The monoisotopic (exact) mass is 288 g/mol. The maximum absolute atomic E-state index is 5.98. The molecule has 2 aliphatic rings. The van der Waals surface area contributed by atoms with Gasteiger partial charge >= 0.3 is 0 Å². The van der Waals surface area contributed by atoms with Gasteiger partial charge in [0.05, 0.1) is 6.61 Å². The smallest absolute Gasteiger partial charge is 0.122 e. The van der Waals surface area contributed by atoms with Gasteiger partial charge in [0.2, 0.25) is 0 Å². The molecule has 1 fully saturated rings. The summed E-state index contributed by atoms with van der Waals surface area (Å²) in [5, 5.41) is 0. The lowest BCUT2D eigenvalue weighted by molar-refractivity contribution is 0.147. The summed E-state index contributed by atoms with van der Waals surface area (Å²) >= 11 is 0. The van der Waals surface area contributed by atoms with Gasteiger partial charge in [0.15, 0.2) is 0 Å². The molecule has 116 valence electrons. The van der Waals surface area contributed by atoms with E-state index in [9.17, 15) is 0 Å². The highest BCUT2D eigenvalue weighted by molar-refractivity contribution is 5.43. The second-order valence-electron chi connectivity index (χ2n) is 6.32. The van der Waals surface area contributed by atoms with Crippen molar-refractivity contribution in [1.82, 2.24) is 4.90 Å². The molecule has 2 N–H and O–H groups in total. The third-order valence-corrected chi connectivity index (χ3v) is 4.87. The molecule has 0 amide bonds. The zero-order valence-corrected chi connectivity index (χ0v) is 13.0. The fourth-order valence-electron chi connectivity index (χ4n) is 3.80. The molecule has 1 aromatic carbocycles. The van der Waals surface area contributed by atoms with Crippen molar-refractivity contribution < 1.29 is 4.74 Å². The quantitative estimate of drug-likeness (QED) is 0.845.